The maximum absolute atomic E-state index is 12.3. The number of anilines is 1. The van der Waals surface area contributed by atoms with Gasteiger partial charge in [-0.15, -0.1) is 0 Å². The smallest absolute Gasteiger partial charge is 0.320 e. The highest BCUT2D eigenvalue weighted by atomic mass is 19.3. The summed E-state index contributed by atoms with van der Waals surface area (Å²) in [5.74, 6) is 1.12. The molecule has 2 atom stereocenters. The minimum absolute atomic E-state index is 0.0586. The first kappa shape index (κ1) is 16.2. The molecule has 0 fully saturated rings. The number of urea groups is 1. The van der Waals surface area contributed by atoms with Gasteiger partial charge in [0.15, 0.2) is 5.82 Å². The maximum Gasteiger partial charge on any atom is 0.320 e. The molecule has 2 amide bonds. The first-order valence-corrected chi connectivity index (χ1v) is 7.64. The second-order valence-electron chi connectivity index (χ2n) is 5.66. The van der Waals surface area contributed by atoms with E-state index in [2.05, 4.69) is 15.7 Å². The van der Waals surface area contributed by atoms with E-state index in [1.54, 1.807) is 0 Å². The summed E-state index contributed by atoms with van der Waals surface area (Å²) >= 11 is 0. The van der Waals surface area contributed by atoms with E-state index in [-0.39, 0.29) is 17.8 Å². The number of hydrogen-bond acceptors (Lipinski definition) is 3. The van der Waals surface area contributed by atoms with Crippen molar-refractivity contribution in [1.29, 1.82) is 0 Å². The zero-order valence-electron chi connectivity index (χ0n) is 13.1. The summed E-state index contributed by atoms with van der Waals surface area (Å²) in [7, 11) is 0. The summed E-state index contributed by atoms with van der Waals surface area (Å²) in [6.45, 7) is 1.89. The van der Waals surface area contributed by atoms with Crippen molar-refractivity contribution in [2.45, 2.75) is 31.9 Å². The highest BCUT2D eigenvalue weighted by molar-refractivity contribution is 5.88. The normalized spacial score (nSPS) is 17.2. The minimum atomic E-state index is -2.49. The van der Waals surface area contributed by atoms with Crippen LogP contribution in [0.2, 0.25) is 0 Å². The van der Waals surface area contributed by atoms with Gasteiger partial charge in [-0.3, -0.25) is 10.00 Å². The summed E-state index contributed by atoms with van der Waals surface area (Å²) < 4.78 is 31.3. The molecule has 0 saturated heterocycles. The number of ether oxygens (including phenoxy) is 1. The Balaban J connectivity index is 1.56. The summed E-state index contributed by atoms with van der Waals surface area (Å²) in [6, 6.07) is 8.60. The average molecular weight is 336 g/mol. The number of amides is 2. The topological polar surface area (TPSA) is 68.2 Å². The predicted molar refractivity (Wildman–Crippen MR) is 84.5 cm³/mol. The Hall–Kier alpha value is -2.64. The zero-order chi connectivity index (χ0) is 17.1. The molecule has 6 nitrogen and oxygen atoms in total. The summed E-state index contributed by atoms with van der Waals surface area (Å²) in [6.07, 6.45) is -1.10. The van der Waals surface area contributed by atoms with Crippen LogP contribution in [-0.2, 0) is 6.54 Å². The van der Waals surface area contributed by atoms with Crippen LogP contribution in [-0.4, -0.2) is 34.9 Å². The Bertz CT molecular complexity index is 720. The van der Waals surface area contributed by atoms with Crippen molar-refractivity contribution in [3.63, 3.8) is 0 Å². The Morgan fingerprint density at radius 3 is 3.00 bits per heavy atom. The highest BCUT2D eigenvalue weighted by Gasteiger charge is 2.29. The molecule has 0 radical (unpaired) electrons. The lowest BCUT2D eigenvalue weighted by Gasteiger charge is -2.19. The molecule has 1 aliphatic rings. The zero-order valence-corrected chi connectivity index (χ0v) is 13.1. The van der Waals surface area contributed by atoms with Crippen molar-refractivity contribution in [3.05, 3.63) is 42.1 Å². The molecule has 3 rings (SSSR count). The van der Waals surface area contributed by atoms with Gasteiger partial charge in [0, 0.05) is 29.8 Å². The van der Waals surface area contributed by atoms with Gasteiger partial charge in [0.2, 0.25) is 0 Å². The van der Waals surface area contributed by atoms with Crippen LogP contribution in [0, 0.1) is 0 Å². The van der Waals surface area contributed by atoms with Crippen molar-refractivity contribution in [1.82, 2.24) is 15.1 Å². The number of carbonyl (C=O) groups is 1. The lowest BCUT2D eigenvalue weighted by molar-refractivity contribution is 0.122. The van der Waals surface area contributed by atoms with Gasteiger partial charge < -0.3 is 10.1 Å². The maximum atomic E-state index is 12.3. The molecule has 0 unspecified atom stereocenters. The van der Waals surface area contributed by atoms with Crippen LogP contribution in [0.3, 0.4) is 0 Å². The average Bonchev–Trinajstić information content (AvgIpc) is 3.13. The number of carbonyl (C=O) groups excluding carboxylic acids is 1. The molecule has 1 aliphatic heterocycles. The number of alkyl halides is 2. The van der Waals surface area contributed by atoms with E-state index < -0.39 is 19.0 Å². The minimum Gasteiger partial charge on any atom is -0.493 e. The third-order valence-corrected chi connectivity index (χ3v) is 3.91. The molecule has 24 heavy (non-hydrogen) atoms. The van der Waals surface area contributed by atoms with Crippen LogP contribution < -0.4 is 15.4 Å². The number of aromatic nitrogens is 2. The van der Waals surface area contributed by atoms with Crippen molar-refractivity contribution in [3.8, 4) is 5.75 Å². The molecule has 2 N–H and O–H groups in total. The Labute approximate surface area is 137 Å². The number of nitrogens with zero attached hydrogens (tertiary/aromatic N) is 2. The molecule has 2 heterocycles. The van der Waals surface area contributed by atoms with Gasteiger partial charge in [0.25, 0.3) is 6.43 Å². The summed E-state index contributed by atoms with van der Waals surface area (Å²) in [4.78, 5) is 12.1. The van der Waals surface area contributed by atoms with Crippen molar-refractivity contribution >= 4 is 11.8 Å². The largest absolute Gasteiger partial charge is 0.493 e. The van der Waals surface area contributed by atoms with Gasteiger partial charge >= 0.3 is 6.03 Å². The standard InChI is InChI=1S/C16H18F2N4O2/c1-10(12-9-24-13-5-3-2-4-11(12)13)19-16(23)20-15-6-7-22(21-15)8-14(17)18/h2-7,10,12,14H,8-9H2,1H3,(H2,19,20,21,23)/t10-,12+/m0/s1. The Morgan fingerprint density at radius 2 is 2.21 bits per heavy atom. The molecule has 0 bridgehead atoms. The van der Waals surface area contributed by atoms with E-state index in [9.17, 15) is 13.6 Å². The Morgan fingerprint density at radius 1 is 1.42 bits per heavy atom. The lowest BCUT2D eigenvalue weighted by Crippen LogP contribution is -2.40. The molecular weight excluding hydrogens is 318 g/mol. The number of fused-ring (bicyclic) bond motifs is 1. The molecule has 2 aromatic rings. The van der Waals surface area contributed by atoms with Gasteiger partial charge in [-0.05, 0) is 13.0 Å². The molecule has 0 aliphatic carbocycles. The van der Waals surface area contributed by atoms with E-state index in [0.717, 1.165) is 16.0 Å². The van der Waals surface area contributed by atoms with Crippen LogP contribution >= 0.6 is 0 Å². The molecule has 0 saturated carbocycles. The number of rotatable bonds is 5. The third kappa shape index (κ3) is 3.64. The molecule has 128 valence electrons. The van der Waals surface area contributed by atoms with Crippen LogP contribution in [0.5, 0.6) is 5.75 Å². The number of hydrogen-bond donors (Lipinski definition) is 2. The number of nitrogens with one attached hydrogen (secondary N) is 2. The molecule has 8 heteroatoms. The fraction of sp³-hybridized carbons (Fsp3) is 0.375. The predicted octanol–water partition coefficient (Wildman–Crippen LogP) is 2.83. The van der Waals surface area contributed by atoms with E-state index in [1.807, 2.05) is 31.2 Å². The summed E-state index contributed by atoms with van der Waals surface area (Å²) in [5.41, 5.74) is 1.06. The first-order chi connectivity index (χ1) is 11.5. The molecule has 1 aromatic carbocycles. The van der Waals surface area contributed by atoms with Crippen LogP contribution in [0.15, 0.2) is 36.5 Å². The fourth-order valence-corrected chi connectivity index (χ4v) is 2.73. The van der Waals surface area contributed by atoms with Gasteiger partial charge in [-0.2, -0.15) is 5.10 Å². The van der Waals surface area contributed by atoms with E-state index in [4.69, 9.17) is 4.74 Å². The Kier molecular flexibility index (Phi) is 4.64. The second-order valence-corrected chi connectivity index (χ2v) is 5.66. The second kappa shape index (κ2) is 6.86. The third-order valence-electron chi connectivity index (χ3n) is 3.91. The summed E-state index contributed by atoms with van der Waals surface area (Å²) in [5, 5.41) is 9.25. The van der Waals surface area contributed by atoms with Gasteiger partial charge in [0.05, 0.1) is 6.61 Å². The molecule has 1 aromatic heterocycles. The van der Waals surface area contributed by atoms with Gasteiger partial charge in [0.1, 0.15) is 12.3 Å². The van der Waals surface area contributed by atoms with Crippen molar-refractivity contribution in [2.75, 3.05) is 11.9 Å². The van der Waals surface area contributed by atoms with E-state index in [0.29, 0.717) is 6.61 Å². The van der Waals surface area contributed by atoms with Gasteiger partial charge in [-0.1, -0.05) is 18.2 Å². The van der Waals surface area contributed by atoms with Gasteiger partial charge in [-0.25, -0.2) is 13.6 Å². The van der Waals surface area contributed by atoms with Crippen LogP contribution in [0.4, 0.5) is 19.4 Å². The van der Waals surface area contributed by atoms with Crippen molar-refractivity contribution in [2.24, 2.45) is 0 Å². The molecular formula is C16H18F2N4O2. The van der Waals surface area contributed by atoms with Crippen LogP contribution in [0.25, 0.3) is 0 Å². The number of benzene rings is 1. The SMILES string of the molecule is C[C@H](NC(=O)Nc1ccn(CC(F)F)n1)[C@H]1COc2ccccc21. The molecule has 0 spiro atoms. The first-order valence-electron chi connectivity index (χ1n) is 7.64. The van der Waals surface area contributed by atoms with E-state index >= 15 is 0 Å². The monoisotopic (exact) mass is 336 g/mol. The van der Waals surface area contributed by atoms with E-state index in [1.165, 1.54) is 12.3 Å². The fourth-order valence-electron chi connectivity index (χ4n) is 2.73. The van der Waals surface area contributed by atoms with Crippen molar-refractivity contribution < 1.29 is 18.3 Å². The number of halogens is 2. The van der Waals surface area contributed by atoms with Crippen LogP contribution in [0.1, 0.15) is 18.4 Å². The highest BCUT2D eigenvalue weighted by Crippen LogP contribution is 2.35. The quantitative estimate of drug-likeness (QED) is 0.882. The number of para-hydroxylation sites is 1. The lowest BCUT2D eigenvalue weighted by atomic mass is 9.94.